The average molecular weight is 522 g/mol. The van der Waals surface area contributed by atoms with E-state index in [-0.39, 0.29) is 35.6 Å². The largest absolute Gasteiger partial charge is 0.352 e. The van der Waals surface area contributed by atoms with E-state index in [1.165, 1.54) is 17.8 Å². The summed E-state index contributed by atoms with van der Waals surface area (Å²) in [4.78, 5) is 49.7. The molecule has 2 aliphatic rings. The third-order valence-electron chi connectivity index (χ3n) is 7.86. The predicted octanol–water partition coefficient (Wildman–Crippen LogP) is 4.19. The fourth-order valence-electron chi connectivity index (χ4n) is 5.60. The lowest BCUT2D eigenvalue weighted by molar-refractivity contribution is -0.139. The van der Waals surface area contributed by atoms with Crippen molar-refractivity contribution in [3.05, 3.63) is 52.1 Å². The Morgan fingerprint density at radius 3 is 2.65 bits per heavy atom. The number of para-hydroxylation sites is 1. The Bertz CT molecular complexity index is 1240. The minimum absolute atomic E-state index is 0.0234. The Kier molecular flexibility index (Phi) is 7.71. The number of hydrogen-bond donors (Lipinski definition) is 3. The second-order valence-corrected chi connectivity index (χ2v) is 11.1. The van der Waals surface area contributed by atoms with Crippen molar-refractivity contribution in [3.63, 3.8) is 0 Å². The van der Waals surface area contributed by atoms with E-state index in [1.54, 1.807) is 19.4 Å². The van der Waals surface area contributed by atoms with Gasteiger partial charge in [-0.3, -0.25) is 14.4 Å². The van der Waals surface area contributed by atoms with Crippen LogP contribution in [0.1, 0.15) is 79.1 Å². The van der Waals surface area contributed by atoms with Gasteiger partial charge < -0.3 is 20.5 Å². The summed E-state index contributed by atoms with van der Waals surface area (Å²) < 4.78 is 0. The van der Waals surface area contributed by atoms with Gasteiger partial charge in [-0.25, -0.2) is 4.98 Å². The van der Waals surface area contributed by atoms with E-state index in [9.17, 15) is 14.4 Å². The summed E-state index contributed by atoms with van der Waals surface area (Å²) in [6, 6.07) is 8.57. The van der Waals surface area contributed by atoms with Gasteiger partial charge in [0, 0.05) is 22.8 Å². The quantitative estimate of drug-likeness (QED) is 0.385. The molecule has 3 atom stereocenters. The van der Waals surface area contributed by atoms with Crippen LogP contribution in [0.4, 0.5) is 0 Å². The molecule has 0 radical (unpaired) electrons. The molecule has 0 unspecified atom stereocenters. The number of fused-ring (bicyclic) bond motifs is 1. The van der Waals surface area contributed by atoms with Crippen LogP contribution in [0, 0.1) is 5.92 Å². The molecule has 0 spiro atoms. The smallest absolute Gasteiger partial charge is 0.246 e. The number of thiazole rings is 1. The molecule has 3 heterocycles. The maximum atomic E-state index is 13.9. The Morgan fingerprint density at radius 1 is 1.11 bits per heavy atom. The van der Waals surface area contributed by atoms with Crippen LogP contribution in [-0.2, 0) is 9.59 Å². The number of likely N-dealkylation sites (N-methyl/N-ethyl adjacent to an activating group) is 1. The van der Waals surface area contributed by atoms with E-state index in [0.717, 1.165) is 54.4 Å². The molecule has 1 saturated heterocycles. The molecule has 8 nitrogen and oxygen atoms in total. The molecule has 0 bridgehead atoms. The fourth-order valence-corrected chi connectivity index (χ4v) is 6.55. The number of H-pyrrole nitrogens is 1. The lowest BCUT2D eigenvalue weighted by Gasteiger charge is -2.35. The van der Waals surface area contributed by atoms with Crippen molar-refractivity contribution in [2.24, 2.45) is 5.92 Å². The first-order valence-electron chi connectivity index (χ1n) is 13.3. The molecule has 1 aromatic carbocycles. The SMILES string of the molecule is CN[C@@H](C)C(=O)N[C@H](C(=O)N1CCC[C@H]1c1nc(C(=O)c2cc3ccccc3[nH]2)cs1)C1CCCCC1. The zero-order valence-electron chi connectivity index (χ0n) is 21.5. The van der Waals surface area contributed by atoms with E-state index in [4.69, 9.17) is 4.98 Å². The maximum absolute atomic E-state index is 13.9. The number of nitrogens with one attached hydrogen (secondary N) is 3. The van der Waals surface area contributed by atoms with Crippen molar-refractivity contribution in [1.82, 2.24) is 25.5 Å². The van der Waals surface area contributed by atoms with Crippen molar-refractivity contribution in [1.29, 1.82) is 0 Å². The summed E-state index contributed by atoms with van der Waals surface area (Å²) >= 11 is 1.43. The molecule has 3 aromatic rings. The molecule has 1 saturated carbocycles. The van der Waals surface area contributed by atoms with Crippen LogP contribution in [0.2, 0.25) is 0 Å². The van der Waals surface area contributed by atoms with Crippen molar-refractivity contribution in [3.8, 4) is 0 Å². The number of hydrogen-bond acceptors (Lipinski definition) is 6. The highest BCUT2D eigenvalue weighted by Crippen LogP contribution is 2.36. The van der Waals surface area contributed by atoms with Crippen molar-refractivity contribution in [2.45, 2.75) is 70.0 Å². The molecular weight excluding hydrogens is 486 g/mol. The highest BCUT2D eigenvalue weighted by molar-refractivity contribution is 7.10. The van der Waals surface area contributed by atoms with E-state index >= 15 is 0 Å². The predicted molar refractivity (Wildman–Crippen MR) is 145 cm³/mol. The molecule has 1 aliphatic heterocycles. The second-order valence-electron chi connectivity index (χ2n) is 10.3. The standard InChI is InChI=1S/C28H35N5O3S/c1-17(29-2)26(35)32-24(18-9-4-3-5-10-18)28(36)33-14-8-13-23(33)27-31-22(16-37-27)25(34)21-15-19-11-6-7-12-20(19)30-21/h6-7,11-12,15-18,23-24,29-30H,3-5,8-10,13-14H2,1-2H3,(H,32,35)/t17-,23-,24-/m0/s1. The number of ketones is 1. The van der Waals surface area contributed by atoms with Gasteiger partial charge in [0.2, 0.25) is 17.6 Å². The van der Waals surface area contributed by atoms with Gasteiger partial charge in [0.15, 0.2) is 0 Å². The molecule has 2 aromatic heterocycles. The first-order valence-corrected chi connectivity index (χ1v) is 14.2. The van der Waals surface area contributed by atoms with Crippen LogP contribution in [0.3, 0.4) is 0 Å². The summed E-state index contributed by atoms with van der Waals surface area (Å²) in [5.41, 5.74) is 1.82. The van der Waals surface area contributed by atoms with Gasteiger partial charge in [-0.1, -0.05) is 37.5 Å². The number of likely N-dealkylation sites (tertiary alicyclic amines) is 1. The fraction of sp³-hybridized carbons (Fsp3) is 0.500. The second kappa shape index (κ2) is 11.1. The van der Waals surface area contributed by atoms with Gasteiger partial charge >= 0.3 is 0 Å². The minimum Gasteiger partial charge on any atom is -0.352 e. The highest BCUT2D eigenvalue weighted by atomic mass is 32.1. The lowest BCUT2D eigenvalue weighted by atomic mass is 9.83. The Balaban J connectivity index is 1.35. The number of benzene rings is 1. The lowest BCUT2D eigenvalue weighted by Crippen LogP contribution is -2.55. The third kappa shape index (κ3) is 5.33. The normalized spacial score (nSPS) is 20.2. The first kappa shape index (κ1) is 25.6. The molecule has 3 N–H and O–H groups in total. The van der Waals surface area contributed by atoms with Gasteiger partial charge in [-0.2, -0.15) is 0 Å². The van der Waals surface area contributed by atoms with Crippen LogP contribution in [-0.4, -0.2) is 58.1 Å². The summed E-state index contributed by atoms with van der Waals surface area (Å²) in [5, 5.41) is 9.60. The highest BCUT2D eigenvalue weighted by Gasteiger charge is 2.40. The molecule has 5 rings (SSSR count). The summed E-state index contributed by atoms with van der Waals surface area (Å²) in [6.45, 7) is 2.44. The monoisotopic (exact) mass is 521 g/mol. The third-order valence-corrected chi connectivity index (χ3v) is 8.81. The first-order chi connectivity index (χ1) is 18.0. The summed E-state index contributed by atoms with van der Waals surface area (Å²) in [5.74, 6) is -0.179. The van der Waals surface area contributed by atoms with Crippen LogP contribution in [0.5, 0.6) is 0 Å². The summed E-state index contributed by atoms with van der Waals surface area (Å²) in [6.07, 6.45) is 6.92. The number of aromatic nitrogens is 2. The Hall–Kier alpha value is -3.04. The molecule has 9 heteroatoms. The van der Waals surface area contributed by atoms with E-state index < -0.39 is 6.04 Å². The van der Waals surface area contributed by atoms with Crippen LogP contribution >= 0.6 is 11.3 Å². The zero-order chi connectivity index (χ0) is 25.9. The zero-order valence-corrected chi connectivity index (χ0v) is 22.3. The number of carbonyl (C=O) groups excluding carboxylic acids is 3. The molecular formula is C28H35N5O3S. The van der Waals surface area contributed by atoms with Gasteiger partial charge in [0.05, 0.1) is 17.8 Å². The number of nitrogens with zero attached hydrogens (tertiary/aromatic N) is 2. The Morgan fingerprint density at radius 2 is 1.89 bits per heavy atom. The van der Waals surface area contributed by atoms with Crippen molar-refractivity contribution < 1.29 is 14.4 Å². The maximum Gasteiger partial charge on any atom is 0.246 e. The van der Waals surface area contributed by atoms with Gasteiger partial charge in [0.1, 0.15) is 16.7 Å². The van der Waals surface area contributed by atoms with Crippen molar-refractivity contribution in [2.75, 3.05) is 13.6 Å². The number of aromatic amines is 1. The van der Waals surface area contributed by atoms with Gasteiger partial charge in [0.25, 0.3) is 0 Å². The topological polar surface area (TPSA) is 107 Å². The van der Waals surface area contributed by atoms with Crippen LogP contribution in [0.15, 0.2) is 35.7 Å². The molecule has 2 amide bonds. The van der Waals surface area contributed by atoms with E-state index in [2.05, 4.69) is 15.6 Å². The molecule has 1 aliphatic carbocycles. The number of amides is 2. The number of rotatable bonds is 8. The minimum atomic E-state index is -0.531. The van der Waals surface area contributed by atoms with Crippen molar-refractivity contribution >= 4 is 39.8 Å². The summed E-state index contributed by atoms with van der Waals surface area (Å²) in [7, 11) is 1.75. The molecule has 2 fully saturated rings. The average Bonchev–Trinajstić information content (AvgIpc) is 3.69. The van der Waals surface area contributed by atoms with Crippen LogP contribution in [0.25, 0.3) is 10.9 Å². The van der Waals surface area contributed by atoms with E-state index in [0.29, 0.717) is 17.9 Å². The van der Waals surface area contributed by atoms with Crippen LogP contribution < -0.4 is 10.6 Å². The Labute approximate surface area is 221 Å². The molecule has 196 valence electrons. The molecule has 37 heavy (non-hydrogen) atoms. The van der Waals surface area contributed by atoms with Gasteiger partial charge in [-0.05, 0) is 57.7 Å². The number of carbonyl (C=O) groups is 3. The van der Waals surface area contributed by atoms with E-state index in [1.807, 2.05) is 35.2 Å². The van der Waals surface area contributed by atoms with Gasteiger partial charge in [-0.15, -0.1) is 11.3 Å².